The van der Waals surface area contributed by atoms with Gasteiger partial charge in [-0.2, -0.15) is 10.1 Å². The van der Waals surface area contributed by atoms with Crippen molar-refractivity contribution >= 4 is 39.3 Å². The number of nitrogens with zero attached hydrogens (tertiary/aromatic N) is 2. The number of anilines is 1. The average molecular weight is 583 g/mol. The summed E-state index contributed by atoms with van der Waals surface area (Å²) < 4.78 is 18.6. The predicted octanol–water partition coefficient (Wildman–Crippen LogP) is 7.42. The van der Waals surface area contributed by atoms with Crippen molar-refractivity contribution in [1.29, 1.82) is 0 Å². The highest BCUT2D eigenvalue weighted by Crippen LogP contribution is 2.32. The van der Waals surface area contributed by atoms with Gasteiger partial charge in [0.25, 0.3) is 5.91 Å². The van der Waals surface area contributed by atoms with Crippen LogP contribution >= 0.6 is 15.9 Å². The predicted molar refractivity (Wildman–Crippen MR) is 157 cm³/mol. The molecule has 0 fully saturated rings. The van der Waals surface area contributed by atoms with Gasteiger partial charge < -0.3 is 14.2 Å². The van der Waals surface area contributed by atoms with E-state index in [1.165, 1.54) is 5.01 Å². The molecule has 0 spiro atoms. The molecule has 0 atom stereocenters. The highest BCUT2D eigenvalue weighted by atomic mass is 79.9. The number of halogens is 1. The molecule has 7 heteroatoms. The van der Waals surface area contributed by atoms with Crippen LogP contribution in [-0.2, 0) is 18.0 Å². The molecule has 0 saturated carbocycles. The lowest BCUT2D eigenvalue weighted by Gasteiger charge is -2.14. The highest BCUT2D eigenvalue weighted by Gasteiger charge is 2.29. The maximum atomic E-state index is 13.2. The van der Waals surface area contributed by atoms with Crippen molar-refractivity contribution in [3.8, 4) is 17.2 Å². The van der Waals surface area contributed by atoms with E-state index in [0.29, 0.717) is 41.7 Å². The summed E-state index contributed by atoms with van der Waals surface area (Å²) in [7, 11) is 1.62. The summed E-state index contributed by atoms with van der Waals surface area (Å²) >= 11 is 3.54. The van der Waals surface area contributed by atoms with Crippen molar-refractivity contribution in [3.63, 3.8) is 0 Å². The Bertz CT molecular complexity index is 1530. The molecule has 1 amide bonds. The van der Waals surface area contributed by atoms with Crippen molar-refractivity contribution in [2.45, 2.75) is 20.1 Å². The van der Waals surface area contributed by atoms with Gasteiger partial charge in [-0.15, -0.1) is 0 Å². The van der Waals surface area contributed by atoms with Crippen LogP contribution < -0.4 is 19.2 Å². The summed E-state index contributed by atoms with van der Waals surface area (Å²) in [6.07, 6.45) is 1.82. The lowest BCUT2D eigenvalue weighted by atomic mass is 10.1. The Balaban J connectivity index is 1.32. The molecule has 39 heavy (non-hydrogen) atoms. The molecule has 1 aliphatic heterocycles. The van der Waals surface area contributed by atoms with E-state index in [1.807, 2.05) is 110 Å². The minimum Gasteiger partial charge on any atom is -0.493 e. The average Bonchev–Trinajstić information content (AvgIpc) is 3.25. The molecule has 0 unspecified atom stereocenters. The van der Waals surface area contributed by atoms with Crippen LogP contribution in [0.1, 0.15) is 23.6 Å². The molecular weight excluding hydrogens is 556 g/mol. The van der Waals surface area contributed by atoms with Crippen molar-refractivity contribution in [1.82, 2.24) is 0 Å². The standard InChI is InChI=1S/C32H27BrN2O4/c1-22-28(32(36)35(34-22)27-11-7-4-8-12-27)19-25-18-26(33)14-16-29(25)38-21-24-13-15-30(31(17-24)37-2)39-20-23-9-5-3-6-10-23/h3-19H,20-21H2,1-2H3/b28-19-. The highest BCUT2D eigenvalue weighted by molar-refractivity contribution is 9.10. The van der Waals surface area contributed by atoms with E-state index in [0.717, 1.165) is 26.9 Å². The van der Waals surface area contributed by atoms with Gasteiger partial charge in [-0.1, -0.05) is 70.5 Å². The number of para-hydroxylation sites is 1. The monoisotopic (exact) mass is 582 g/mol. The smallest absolute Gasteiger partial charge is 0.280 e. The second-order valence-electron chi connectivity index (χ2n) is 8.93. The Kier molecular flexibility index (Phi) is 8.08. The molecule has 1 aliphatic rings. The van der Waals surface area contributed by atoms with Gasteiger partial charge in [0, 0.05) is 10.0 Å². The Morgan fingerprint density at radius 2 is 1.46 bits per heavy atom. The first kappa shape index (κ1) is 26.3. The lowest BCUT2D eigenvalue weighted by Crippen LogP contribution is -2.21. The summed E-state index contributed by atoms with van der Waals surface area (Å²) in [5.41, 5.74) is 4.66. The van der Waals surface area contributed by atoms with Crippen LogP contribution in [0.25, 0.3) is 6.08 Å². The normalized spacial score (nSPS) is 13.9. The zero-order valence-corrected chi connectivity index (χ0v) is 23.2. The van der Waals surface area contributed by atoms with Gasteiger partial charge >= 0.3 is 0 Å². The number of rotatable bonds is 9. The van der Waals surface area contributed by atoms with Crippen LogP contribution in [0.5, 0.6) is 17.2 Å². The Hall–Kier alpha value is -4.36. The molecule has 0 bridgehead atoms. The van der Waals surface area contributed by atoms with Crippen molar-refractivity contribution in [2.24, 2.45) is 5.10 Å². The first-order valence-corrected chi connectivity index (χ1v) is 13.2. The number of benzene rings is 4. The quantitative estimate of drug-likeness (QED) is 0.193. The Labute approximate surface area is 236 Å². The fourth-order valence-electron chi connectivity index (χ4n) is 4.16. The SMILES string of the molecule is COc1cc(COc2ccc(Br)cc2/C=C2\C(=O)N(c3ccccc3)N=C2C)ccc1OCc1ccccc1. The largest absolute Gasteiger partial charge is 0.493 e. The molecule has 4 aromatic carbocycles. The number of ether oxygens (including phenoxy) is 3. The Morgan fingerprint density at radius 3 is 2.21 bits per heavy atom. The van der Waals surface area contributed by atoms with E-state index in [2.05, 4.69) is 21.0 Å². The third-order valence-corrected chi connectivity index (χ3v) is 6.69. The molecule has 0 aromatic heterocycles. The fourth-order valence-corrected chi connectivity index (χ4v) is 4.54. The van der Waals surface area contributed by atoms with E-state index < -0.39 is 0 Å². The number of carbonyl (C=O) groups excluding carboxylic acids is 1. The van der Waals surface area contributed by atoms with Crippen LogP contribution in [0, 0.1) is 0 Å². The van der Waals surface area contributed by atoms with Crippen molar-refractivity contribution < 1.29 is 19.0 Å². The van der Waals surface area contributed by atoms with Crippen LogP contribution in [-0.4, -0.2) is 18.7 Å². The first-order chi connectivity index (χ1) is 19.0. The maximum Gasteiger partial charge on any atom is 0.280 e. The number of hydrazone groups is 1. The molecule has 5 rings (SSSR count). The first-order valence-electron chi connectivity index (χ1n) is 12.4. The molecule has 4 aromatic rings. The molecule has 0 aliphatic carbocycles. The van der Waals surface area contributed by atoms with Crippen molar-refractivity contribution in [2.75, 3.05) is 12.1 Å². The van der Waals surface area contributed by atoms with Gasteiger partial charge in [0.05, 0.1) is 24.1 Å². The Morgan fingerprint density at radius 1 is 0.795 bits per heavy atom. The number of amides is 1. The van der Waals surface area contributed by atoms with Gasteiger partial charge in [-0.3, -0.25) is 4.79 Å². The summed E-state index contributed by atoms with van der Waals surface area (Å²) in [4.78, 5) is 13.2. The molecule has 6 nitrogen and oxygen atoms in total. The van der Waals surface area contributed by atoms with Gasteiger partial charge in [-0.25, -0.2) is 0 Å². The zero-order valence-electron chi connectivity index (χ0n) is 21.6. The maximum absolute atomic E-state index is 13.2. The summed E-state index contributed by atoms with van der Waals surface area (Å²) in [5.74, 6) is 1.76. The van der Waals surface area contributed by atoms with Crippen LogP contribution in [0.2, 0.25) is 0 Å². The topological polar surface area (TPSA) is 60.4 Å². The minimum absolute atomic E-state index is 0.180. The summed E-state index contributed by atoms with van der Waals surface area (Å²) in [5, 5.41) is 5.90. The van der Waals surface area contributed by atoms with Crippen molar-refractivity contribution in [3.05, 3.63) is 124 Å². The molecule has 1 heterocycles. The van der Waals surface area contributed by atoms with E-state index in [9.17, 15) is 4.79 Å². The molecule has 0 saturated heterocycles. The van der Waals surface area contributed by atoms with Crippen LogP contribution in [0.3, 0.4) is 0 Å². The summed E-state index contributed by atoms with van der Waals surface area (Å²) in [6.45, 7) is 2.59. The summed E-state index contributed by atoms with van der Waals surface area (Å²) in [6, 6.07) is 30.8. The van der Waals surface area contributed by atoms with Gasteiger partial charge in [0.2, 0.25) is 0 Å². The minimum atomic E-state index is -0.180. The van der Waals surface area contributed by atoms with Gasteiger partial charge in [-0.05, 0) is 66.6 Å². The van der Waals surface area contributed by atoms with E-state index in [4.69, 9.17) is 14.2 Å². The number of hydrogen-bond acceptors (Lipinski definition) is 5. The molecular formula is C32H27BrN2O4. The molecule has 196 valence electrons. The van der Waals surface area contributed by atoms with Gasteiger partial charge in [0.15, 0.2) is 11.5 Å². The van der Waals surface area contributed by atoms with Gasteiger partial charge in [0.1, 0.15) is 19.0 Å². The van der Waals surface area contributed by atoms with Crippen LogP contribution in [0.4, 0.5) is 5.69 Å². The van der Waals surface area contributed by atoms with Crippen LogP contribution in [0.15, 0.2) is 112 Å². The third-order valence-electron chi connectivity index (χ3n) is 6.19. The fraction of sp³-hybridized carbons (Fsp3) is 0.125. The lowest BCUT2D eigenvalue weighted by molar-refractivity contribution is -0.114. The zero-order chi connectivity index (χ0) is 27.2. The second kappa shape index (κ2) is 12.0. The molecule has 0 radical (unpaired) electrons. The van der Waals surface area contributed by atoms with E-state index in [-0.39, 0.29) is 5.91 Å². The molecule has 0 N–H and O–H groups in total. The van der Waals surface area contributed by atoms with E-state index >= 15 is 0 Å². The third kappa shape index (κ3) is 6.21. The number of methoxy groups -OCH3 is 1. The van der Waals surface area contributed by atoms with E-state index in [1.54, 1.807) is 7.11 Å². The second-order valence-corrected chi connectivity index (χ2v) is 9.84. The number of hydrogen-bond donors (Lipinski definition) is 0. The number of carbonyl (C=O) groups is 1.